The molecule has 4 aromatic rings. The predicted octanol–water partition coefficient (Wildman–Crippen LogP) is 5.26. The first-order valence-electron chi connectivity index (χ1n) is 10.8. The van der Waals surface area contributed by atoms with Gasteiger partial charge in [-0.25, -0.2) is 0 Å². The highest BCUT2D eigenvalue weighted by Crippen LogP contribution is 2.42. The summed E-state index contributed by atoms with van der Waals surface area (Å²) in [4.78, 5) is 2.19. The van der Waals surface area contributed by atoms with Crippen molar-refractivity contribution in [1.29, 1.82) is 0 Å². The van der Waals surface area contributed by atoms with Crippen LogP contribution in [0.3, 0.4) is 0 Å². The first kappa shape index (κ1) is 20.2. The summed E-state index contributed by atoms with van der Waals surface area (Å²) in [5.74, 6) is 1.30. The number of phenols is 2. The lowest BCUT2D eigenvalue weighted by Crippen LogP contribution is -2.18. The van der Waals surface area contributed by atoms with Gasteiger partial charge in [-0.1, -0.05) is 48.5 Å². The molecule has 0 unspecified atom stereocenters. The lowest BCUT2D eigenvalue weighted by Gasteiger charge is -2.15. The molecule has 3 aromatic carbocycles. The van der Waals surface area contributed by atoms with E-state index in [-0.39, 0.29) is 11.5 Å². The van der Waals surface area contributed by atoms with Crippen molar-refractivity contribution in [2.45, 2.75) is 13.0 Å². The van der Waals surface area contributed by atoms with Crippen LogP contribution in [0.5, 0.6) is 17.2 Å². The second kappa shape index (κ2) is 8.09. The van der Waals surface area contributed by atoms with E-state index in [1.54, 1.807) is 6.07 Å². The molecule has 1 aromatic heterocycles. The molecule has 0 spiro atoms. The Labute approximate surface area is 187 Å². The van der Waals surface area contributed by atoms with Crippen LogP contribution in [-0.2, 0) is 13.0 Å². The molecule has 5 heteroatoms. The second-order valence-electron chi connectivity index (χ2n) is 8.43. The summed E-state index contributed by atoms with van der Waals surface area (Å²) in [6.07, 6.45) is 2.56. The van der Waals surface area contributed by atoms with Gasteiger partial charge >= 0.3 is 0 Å². The van der Waals surface area contributed by atoms with Gasteiger partial charge in [-0.05, 0) is 31.8 Å². The van der Waals surface area contributed by atoms with Crippen molar-refractivity contribution in [3.05, 3.63) is 83.6 Å². The fourth-order valence-corrected chi connectivity index (χ4v) is 4.39. The zero-order valence-electron chi connectivity index (χ0n) is 18.2. The van der Waals surface area contributed by atoms with E-state index in [1.165, 1.54) is 11.6 Å². The zero-order chi connectivity index (χ0) is 22.2. The number of hydrogen-bond donors (Lipinski definition) is 2. The largest absolute Gasteiger partial charge is 0.508 e. The Hall–Kier alpha value is -3.70. The topological polar surface area (TPSA) is 57.9 Å². The summed E-state index contributed by atoms with van der Waals surface area (Å²) in [6.45, 7) is 1.78. The molecular formula is C27H26N2O3. The highest BCUT2D eigenvalue weighted by molar-refractivity contribution is 5.98. The van der Waals surface area contributed by atoms with Gasteiger partial charge in [0.2, 0.25) is 0 Å². The first-order chi connectivity index (χ1) is 15.5. The van der Waals surface area contributed by atoms with Crippen LogP contribution >= 0.6 is 0 Å². The molecule has 2 heterocycles. The molecular weight excluding hydrogens is 400 g/mol. The third kappa shape index (κ3) is 3.61. The number of fused-ring (bicyclic) bond motifs is 2. The molecule has 1 aliphatic heterocycles. The van der Waals surface area contributed by atoms with Gasteiger partial charge in [0.1, 0.15) is 23.0 Å². The molecule has 0 amide bonds. The monoisotopic (exact) mass is 426 g/mol. The Balaban J connectivity index is 1.69. The Morgan fingerprint density at radius 1 is 1.00 bits per heavy atom. The summed E-state index contributed by atoms with van der Waals surface area (Å²) in [5, 5.41) is 21.2. The summed E-state index contributed by atoms with van der Waals surface area (Å²) in [6, 6.07) is 21.8. The molecule has 0 aliphatic carbocycles. The molecule has 32 heavy (non-hydrogen) atoms. The summed E-state index contributed by atoms with van der Waals surface area (Å²) in [7, 11) is 4.17. The van der Waals surface area contributed by atoms with Gasteiger partial charge in [-0.2, -0.15) is 0 Å². The third-order valence-corrected chi connectivity index (χ3v) is 5.90. The summed E-state index contributed by atoms with van der Waals surface area (Å²) >= 11 is 0. The van der Waals surface area contributed by atoms with Crippen LogP contribution in [0.2, 0.25) is 0 Å². The van der Waals surface area contributed by atoms with E-state index < -0.39 is 0 Å². The van der Waals surface area contributed by atoms with Crippen molar-refractivity contribution in [3.63, 3.8) is 0 Å². The van der Waals surface area contributed by atoms with Crippen LogP contribution in [0.25, 0.3) is 28.2 Å². The van der Waals surface area contributed by atoms with Crippen molar-refractivity contribution in [3.8, 4) is 28.5 Å². The van der Waals surface area contributed by atoms with E-state index >= 15 is 0 Å². The maximum absolute atomic E-state index is 10.3. The fraction of sp³-hybridized carbons (Fsp3) is 0.185. The molecule has 0 saturated carbocycles. The number of aromatic hydroxyl groups is 2. The van der Waals surface area contributed by atoms with Crippen molar-refractivity contribution >= 4 is 17.0 Å². The van der Waals surface area contributed by atoms with Gasteiger partial charge in [0.15, 0.2) is 0 Å². The molecule has 1 aliphatic rings. The van der Waals surface area contributed by atoms with Crippen molar-refractivity contribution in [2.75, 3.05) is 20.6 Å². The molecule has 5 rings (SSSR count). The number of benzene rings is 3. The van der Waals surface area contributed by atoms with E-state index in [9.17, 15) is 10.2 Å². The maximum Gasteiger partial charge on any atom is 0.137 e. The number of likely N-dealkylation sites (N-methyl/N-ethyl adjacent to an activating group) is 1. The van der Waals surface area contributed by atoms with E-state index in [1.807, 2.05) is 6.07 Å². The SMILES string of the molecule is CN(C)CCn1c(-c2ccccc2)c(C=C2Cc3c(O)cc(O)cc3O2)c2ccccc21. The van der Waals surface area contributed by atoms with E-state index in [2.05, 4.69) is 78.2 Å². The summed E-state index contributed by atoms with van der Waals surface area (Å²) < 4.78 is 8.42. The average molecular weight is 427 g/mol. The highest BCUT2D eigenvalue weighted by Gasteiger charge is 2.24. The number of hydrogen-bond acceptors (Lipinski definition) is 4. The van der Waals surface area contributed by atoms with E-state index in [4.69, 9.17) is 4.74 Å². The molecule has 0 fully saturated rings. The molecule has 5 nitrogen and oxygen atoms in total. The third-order valence-electron chi connectivity index (χ3n) is 5.90. The van der Waals surface area contributed by atoms with Gasteiger partial charge < -0.3 is 24.4 Å². The number of rotatable bonds is 5. The number of ether oxygens (including phenoxy) is 1. The predicted molar refractivity (Wildman–Crippen MR) is 128 cm³/mol. The van der Waals surface area contributed by atoms with Crippen LogP contribution in [0.4, 0.5) is 0 Å². The zero-order valence-corrected chi connectivity index (χ0v) is 18.2. The van der Waals surface area contributed by atoms with E-state index in [0.717, 1.165) is 41.1 Å². The minimum atomic E-state index is -0.00670. The number of para-hydroxylation sites is 1. The minimum absolute atomic E-state index is 0.00670. The number of phenolic OH excluding ortho intramolecular Hbond substituents is 2. The number of allylic oxidation sites excluding steroid dienone is 1. The van der Waals surface area contributed by atoms with Crippen molar-refractivity contribution < 1.29 is 14.9 Å². The van der Waals surface area contributed by atoms with Crippen LogP contribution in [0.15, 0.2) is 72.5 Å². The molecule has 0 radical (unpaired) electrons. The van der Waals surface area contributed by atoms with Crippen LogP contribution in [0.1, 0.15) is 11.1 Å². The highest BCUT2D eigenvalue weighted by atomic mass is 16.5. The lowest BCUT2D eigenvalue weighted by atomic mass is 10.0. The van der Waals surface area contributed by atoms with Crippen LogP contribution in [-0.4, -0.2) is 40.3 Å². The first-order valence-corrected chi connectivity index (χ1v) is 10.8. The minimum Gasteiger partial charge on any atom is -0.508 e. The van der Waals surface area contributed by atoms with E-state index in [0.29, 0.717) is 17.7 Å². The summed E-state index contributed by atoms with van der Waals surface area (Å²) in [5.41, 5.74) is 5.26. The van der Waals surface area contributed by atoms with Gasteiger partial charge in [0.05, 0.1) is 5.69 Å². The Morgan fingerprint density at radius 3 is 2.53 bits per heavy atom. The normalized spacial score (nSPS) is 14.3. The fourth-order valence-electron chi connectivity index (χ4n) is 4.39. The molecule has 162 valence electrons. The Kier molecular flexibility index (Phi) is 5.11. The van der Waals surface area contributed by atoms with Crippen molar-refractivity contribution in [2.24, 2.45) is 0 Å². The standard InChI is InChI=1S/C27H26N2O3/c1-28(2)12-13-29-24-11-7-6-10-21(24)22(27(29)18-8-4-3-5-9-18)16-20-17-23-25(31)14-19(30)15-26(23)32-20/h3-11,14-16,30-31H,12-13,17H2,1-2H3. The van der Waals surface area contributed by atoms with Crippen LogP contribution in [0, 0.1) is 0 Å². The maximum atomic E-state index is 10.3. The average Bonchev–Trinajstić information content (AvgIpc) is 3.32. The Bertz CT molecular complexity index is 1320. The van der Waals surface area contributed by atoms with Gasteiger partial charge in [0.25, 0.3) is 0 Å². The Morgan fingerprint density at radius 2 is 1.75 bits per heavy atom. The van der Waals surface area contributed by atoms with Crippen molar-refractivity contribution in [1.82, 2.24) is 9.47 Å². The molecule has 2 N–H and O–H groups in total. The lowest BCUT2D eigenvalue weighted by molar-refractivity contribution is 0.388. The molecule has 0 atom stereocenters. The van der Waals surface area contributed by atoms with Gasteiger partial charge in [-0.3, -0.25) is 0 Å². The smallest absolute Gasteiger partial charge is 0.137 e. The molecule has 0 bridgehead atoms. The van der Waals surface area contributed by atoms with Gasteiger partial charge in [0, 0.05) is 53.7 Å². The quantitative estimate of drug-likeness (QED) is 0.457. The number of aromatic nitrogens is 1. The molecule has 0 saturated heterocycles. The number of nitrogens with zero attached hydrogens (tertiary/aromatic N) is 2. The second-order valence-corrected chi connectivity index (χ2v) is 8.43. The van der Waals surface area contributed by atoms with Gasteiger partial charge in [-0.15, -0.1) is 0 Å². The van der Waals surface area contributed by atoms with Crippen LogP contribution < -0.4 is 4.74 Å².